The Hall–Kier alpha value is -2.63. The molecule has 2 heterocycles. The summed E-state index contributed by atoms with van der Waals surface area (Å²) in [5, 5.41) is 1.14. The highest BCUT2D eigenvalue weighted by Gasteiger charge is 2.39. The monoisotopic (exact) mass is 628 g/mol. The highest BCUT2D eigenvalue weighted by atomic mass is 35.5. The van der Waals surface area contributed by atoms with Gasteiger partial charge in [-0.05, 0) is 42.0 Å². The van der Waals surface area contributed by atoms with Gasteiger partial charge in [0, 0.05) is 26.6 Å². The van der Waals surface area contributed by atoms with E-state index >= 15 is 0 Å². The lowest BCUT2D eigenvalue weighted by Gasteiger charge is -2.22. The number of pyridine rings is 1. The second kappa shape index (κ2) is 10.1. The van der Waals surface area contributed by atoms with Gasteiger partial charge in [0.25, 0.3) is 0 Å². The van der Waals surface area contributed by atoms with Crippen LogP contribution >= 0.6 is 34.8 Å². The molecule has 2 aromatic heterocycles. The summed E-state index contributed by atoms with van der Waals surface area (Å²) in [4.78, 5) is 18.1. The standard InChI is InChI=1S/C26H23Cl3N2O6S2/c1-26(2,3)24(32)23-22(31(38(4,33)34)39(5,35)36)19-13-18(14-6-8-15(27)9-7-14)21(30-25(19)37-23)17-11-10-16(28)12-20(17)29/h6-13H,1-5H3. The lowest BCUT2D eigenvalue weighted by atomic mass is 9.89. The van der Waals surface area contributed by atoms with E-state index in [-0.39, 0.29) is 19.8 Å². The number of aromatic nitrogens is 1. The zero-order chi connectivity index (χ0) is 29.1. The minimum atomic E-state index is -4.44. The number of nitrogens with zero attached hydrogens (tertiary/aromatic N) is 2. The molecule has 4 rings (SSSR count). The molecule has 0 saturated heterocycles. The molecule has 0 atom stereocenters. The molecule has 0 N–H and O–H groups in total. The first-order valence-corrected chi connectivity index (χ1v) is 16.2. The lowest BCUT2D eigenvalue weighted by molar-refractivity contribution is 0.0831. The quantitative estimate of drug-likeness (QED) is 0.209. The predicted octanol–water partition coefficient (Wildman–Crippen LogP) is 7.08. The molecule has 0 radical (unpaired) electrons. The summed E-state index contributed by atoms with van der Waals surface area (Å²) in [7, 11) is -8.89. The molecule has 2 aromatic carbocycles. The molecule has 0 aliphatic heterocycles. The van der Waals surface area contributed by atoms with E-state index in [0.29, 0.717) is 32.4 Å². The van der Waals surface area contributed by atoms with Crippen LogP contribution in [-0.4, -0.2) is 40.1 Å². The Morgan fingerprint density at radius 3 is 1.92 bits per heavy atom. The van der Waals surface area contributed by atoms with Crippen LogP contribution in [-0.2, 0) is 20.0 Å². The third-order valence-corrected chi connectivity index (χ3v) is 9.66. The fourth-order valence-electron chi connectivity index (χ4n) is 4.00. The Kier molecular flexibility index (Phi) is 7.59. The number of Topliss-reactive ketones (excluding diaryl/α,β-unsaturated/α-hetero) is 1. The van der Waals surface area contributed by atoms with E-state index < -0.39 is 42.7 Å². The number of halogens is 3. The van der Waals surface area contributed by atoms with Gasteiger partial charge in [0.05, 0.1) is 28.6 Å². The number of sulfonamides is 2. The van der Waals surface area contributed by atoms with Crippen molar-refractivity contribution in [2.24, 2.45) is 5.41 Å². The smallest absolute Gasteiger partial charge is 0.245 e. The van der Waals surface area contributed by atoms with E-state index in [1.165, 1.54) is 12.1 Å². The first kappa shape index (κ1) is 29.4. The second-order valence-corrected chi connectivity index (χ2v) is 15.1. The average molecular weight is 630 g/mol. The second-order valence-electron chi connectivity index (χ2n) is 9.95. The van der Waals surface area contributed by atoms with Gasteiger partial charge in [-0.3, -0.25) is 4.79 Å². The molecule has 0 saturated carbocycles. The molecular formula is C26H23Cl3N2O6S2. The van der Waals surface area contributed by atoms with Crippen molar-refractivity contribution >= 4 is 77.4 Å². The Bertz CT molecular complexity index is 1810. The van der Waals surface area contributed by atoms with Crippen LogP contribution < -0.4 is 3.71 Å². The maximum absolute atomic E-state index is 13.5. The molecule has 0 aliphatic carbocycles. The van der Waals surface area contributed by atoms with Gasteiger partial charge in [0.1, 0.15) is 5.69 Å². The van der Waals surface area contributed by atoms with Crippen molar-refractivity contribution in [3.63, 3.8) is 0 Å². The molecule has 0 aliphatic rings. The minimum absolute atomic E-state index is 0.00256. The van der Waals surface area contributed by atoms with Gasteiger partial charge in [-0.1, -0.05) is 67.7 Å². The van der Waals surface area contributed by atoms with Crippen molar-refractivity contribution in [3.8, 4) is 22.4 Å². The van der Waals surface area contributed by atoms with Crippen LogP contribution in [0.5, 0.6) is 0 Å². The highest BCUT2D eigenvalue weighted by Crippen LogP contribution is 2.44. The molecule has 206 valence electrons. The van der Waals surface area contributed by atoms with Crippen LogP contribution in [0.2, 0.25) is 15.1 Å². The lowest BCUT2D eigenvalue weighted by Crippen LogP contribution is -2.36. The summed E-state index contributed by atoms with van der Waals surface area (Å²) < 4.78 is 57.4. The Balaban J connectivity index is 2.22. The first-order valence-electron chi connectivity index (χ1n) is 11.3. The van der Waals surface area contributed by atoms with Gasteiger partial charge in [-0.2, -0.15) is 3.71 Å². The predicted molar refractivity (Wildman–Crippen MR) is 156 cm³/mol. The first-order chi connectivity index (χ1) is 17.9. The number of carbonyl (C=O) groups is 1. The molecule has 13 heteroatoms. The number of carbonyl (C=O) groups excluding carboxylic acids is 1. The number of rotatable bonds is 6. The SMILES string of the molecule is CC(C)(C)C(=O)c1oc2nc(-c3ccc(Cl)cc3Cl)c(-c3ccc(Cl)cc3)cc2c1N(S(C)(=O)=O)S(C)(=O)=O. The molecule has 4 aromatic rings. The van der Waals surface area contributed by atoms with Gasteiger partial charge in [-0.15, -0.1) is 0 Å². The summed E-state index contributed by atoms with van der Waals surface area (Å²) in [6.07, 6.45) is 1.46. The van der Waals surface area contributed by atoms with Crippen LogP contribution in [0.3, 0.4) is 0 Å². The molecule has 39 heavy (non-hydrogen) atoms. The summed E-state index contributed by atoms with van der Waals surface area (Å²) in [5.41, 5.74) is 0.201. The van der Waals surface area contributed by atoms with Crippen LogP contribution in [0.4, 0.5) is 5.69 Å². The van der Waals surface area contributed by atoms with Gasteiger partial charge in [-0.25, -0.2) is 21.8 Å². The third-order valence-electron chi connectivity index (χ3n) is 5.67. The fraction of sp³-hybridized carbons (Fsp3) is 0.231. The van der Waals surface area contributed by atoms with Crippen LogP contribution in [0.1, 0.15) is 31.3 Å². The zero-order valence-corrected chi connectivity index (χ0v) is 25.3. The van der Waals surface area contributed by atoms with Gasteiger partial charge >= 0.3 is 0 Å². The van der Waals surface area contributed by atoms with Gasteiger partial charge < -0.3 is 4.42 Å². The normalized spacial score (nSPS) is 12.6. The largest absolute Gasteiger partial charge is 0.432 e. The fourth-order valence-corrected chi connectivity index (χ4v) is 7.62. The molecular weight excluding hydrogens is 607 g/mol. The van der Waals surface area contributed by atoms with E-state index in [0.717, 1.165) is 12.5 Å². The van der Waals surface area contributed by atoms with Gasteiger partial charge in [0.15, 0.2) is 5.76 Å². The van der Waals surface area contributed by atoms with Crippen molar-refractivity contribution in [2.75, 3.05) is 16.2 Å². The van der Waals surface area contributed by atoms with Crippen molar-refractivity contribution in [3.05, 3.63) is 69.4 Å². The molecule has 0 amide bonds. The van der Waals surface area contributed by atoms with Gasteiger partial charge in [0.2, 0.25) is 31.5 Å². The van der Waals surface area contributed by atoms with Crippen LogP contribution in [0.25, 0.3) is 33.5 Å². The molecule has 8 nitrogen and oxygen atoms in total. The van der Waals surface area contributed by atoms with Crippen molar-refractivity contribution in [1.82, 2.24) is 4.98 Å². The summed E-state index contributed by atoms with van der Waals surface area (Å²) in [6.45, 7) is 4.80. The van der Waals surface area contributed by atoms with E-state index in [1.807, 2.05) is 0 Å². The number of benzene rings is 2. The highest BCUT2D eigenvalue weighted by molar-refractivity contribution is 8.09. The van der Waals surface area contributed by atoms with E-state index in [1.54, 1.807) is 57.2 Å². The topological polar surface area (TPSA) is 115 Å². The summed E-state index contributed by atoms with van der Waals surface area (Å²) >= 11 is 18.7. The number of fused-ring (bicyclic) bond motifs is 1. The minimum Gasteiger partial charge on any atom is -0.432 e. The maximum atomic E-state index is 13.5. The van der Waals surface area contributed by atoms with Crippen molar-refractivity contribution < 1.29 is 26.0 Å². The Morgan fingerprint density at radius 1 is 0.846 bits per heavy atom. The van der Waals surface area contributed by atoms with Crippen LogP contribution in [0.15, 0.2) is 52.9 Å². The maximum Gasteiger partial charge on any atom is 0.245 e. The van der Waals surface area contributed by atoms with Crippen molar-refractivity contribution in [2.45, 2.75) is 20.8 Å². The van der Waals surface area contributed by atoms with E-state index in [4.69, 9.17) is 39.2 Å². The van der Waals surface area contributed by atoms with E-state index in [9.17, 15) is 21.6 Å². The number of anilines is 1. The van der Waals surface area contributed by atoms with E-state index in [2.05, 4.69) is 4.98 Å². The summed E-state index contributed by atoms with van der Waals surface area (Å²) in [5.74, 6) is -1.07. The number of hydrogen-bond acceptors (Lipinski definition) is 7. The molecule has 0 bridgehead atoms. The number of hydrogen-bond donors (Lipinski definition) is 0. The number of furan rings is 1. The molecule has 0 fully saturated rings. The number of ketones is 1. The van der Waals surface area contributed by atoms with Crippen molar-refractivity contribution in [1.29, 1.82) is 0 Å². The Labute approximate surface area is 241 Å². The molecule has 0 spiro atoms. The third kappa shape index (κ3) is 5.81. The Morgan fingerprint density at radius 2 is 1.41 bits per heavy atom. The average Bonchev–Trinajstić information content (AvgIpc) is 3.13. The van der Waals surface area contributed by atoms with Crippen LogP contribution in [0, 0.1) is 5.41 Å². The summed E-state index contributed by atoms with van der Waals surface area (Å²) in [6, 6.07) is 13.1. The zero-order valence-electron chi connectivity index (χ0n) is 21.4. The molecule has 0 unspecified atom stereocenters.